The van der Waals surface area contributed by atoms with Gasteiger partial charge in [-0.2, -0.15) is 0 Å². The SMILES string of the molecule is CCCCCCCCC(C[NH2+][O-])c1ccccc1. The van der Waals surface area contributed by atoms with E-state index in [-0.39, 0.29) is 0 Å². The second kappa shape index (κ2) is 10.1. The fraction of sp³-hybridized carbons (Fsp3) is 0.625. The van der Waals surface area contributed by atoms with Gasteiger partial charge >= 0.3 is 0 Å². The van der Waals surface area contributed by atoms with Gasteiger partial charge in [0.2, 0.25) is 0 Å². The topological polar surface area (TPSA) is 39.7 Å². The zero-order valence-corrected chi connectivity index (χ0v) is 11.6. The molecule has 0 aromatic heterocycles. The minimum Gasteiger partial charge on any atom is -0.636 e. The van der Waals surface area contributed by atoms with Gasteiger partial charge in [-0.15, -0.1) is 0 Å². The Bertz CT molecular complexity index is 286. The van der Waals surface area contributed by atoms with Gasteiger partial charge in [0.25, 0.3) is 0 Å². The van der Waals surface area contributed by atoms with E-state index in [1.807, 2.05) is 6.07 Å². The molecule has 0 heterocycles. The first-order valence-electron chi connectivity index (χ1n) is 7.37. The molecule has 2 N–H and O–H groups in total. The number of nitrogens with two attached hydrogens (primary N) is 1. The summed E-state index contributed by atoms with van der Waals surface area (Å²) < 4.78 is 0. The molecule has 0 aliphatic rings. The lowest BCUT2D eigenvalue weighted by atomic mass is 9.93. The van der Waals surface area contributed by atoms with Gasteiger partial charge < -0.3 is 10.7 Å². The van der Waals surface area contributed by atoms with Crippen LogP contribution < -0.4 is 5.48 Å². The van der Waals surface area contributed by atoms with E-state index in [1.165, 1.54) is 44.1 Å². The van der Waals surface area contributed by atoms with Crippen LogP contribution in [0.4, 0.5) is 0 Å². The highest BCUT2D eigenvalue weighted by Gasteiger charge is 2.11. The highest BCUT2D eigenvalue weighted by Crippen LogP contribution is 2.21. The Morgan fingerprint density at radius 1 is 1.00 bits per heavy atom. The molecule has 0 radical (unpaired) electrons. The Hall–Kier alpha value is -0.860. The van der Waals surface area contributed by atoms with Crippen LogP contribution in [0.3, 0.4) is 0 Å². The standard InChI is InChI=1S/C16H27NO/c1-2-3-4-5-6-8-13-16(14-17-18)15-11-9-7-10-12-15/h7,9-12,16H,2-6,8,13-14,17H2,1H3. The van der Waals surface area contributed by atoms with Crippen molar-refractivity contribution in [1.29, 1.82) is 0 Å². The number of quaternary nitrogens is 1. The first-order valence-corrected chi connectivity index (χ1v) is 7.37. The average molecular weight is 249 g/mol. The molecular formula is C16H27NO. The van der Waals surface area contributed by atoms with Crippen LogP contribution in [0.25, 0.3) is 0 Å². The summed E-state index contributed by atoms with van der Waals surface area (Å²) in [5, 5.41) is 10.8. The molecule has 0 amide bonds. The molecule has 0 fully saturated rings. The maximum absolute atomic E-state index is 10.8. The van der Waals surface area contributed by atoms with Crippen molar-refractivity contribution in [2.24, 2.45) is 0 Å². The zero-order chi connectivity index (χ0) is 13.1. The van der Waals surface area contributed by atoms with E-state index in [9.17, 15) is 5.21 Å². The summed E-state index contributed by atoms with van der Waals surface area (Å²) in [4.78, 5) is 0. The molecule has 1 rings (SSSR count). The smallest absolute Gasteiger partial charge is 0.0822 e. The Morgan fingerprint density at radius 2 is 1.67 bits per heavy atom. The van der Waals surface area contributed by atoms with E-state index in [4.69, 9.17) is 0 Å². The quantitative estimate of drug-likeness (QED) is 0.499. The van der Waals surface area contributed by atoms with Crippen LogP contribution >= 0.6 is 0 Å². The molecule has 0 saturated carbocycles. The van der Waals surface area contributed by atoms with Crippen molar-refractivity contribution >= 4 is 0 Å². The van der Waals surface area contributed by atoms with Gasteiger partial charge in [0.1, 0.15) is 0 Å². The van der Waals surface area contributed by atoms with Crippen LogP contribution in [0.5, 0.6) is 0 Å². The van der Waals surface area contributed by atoms with Crippen molar-refractivity contribution < 1.29 is 5.48 Å². The highest BCUT2D eigenvalue weighted by molar-refractivity contribution is 5.19. The predicted octanol–water partition coefficient (Wildman–Crippen LogP) is 3.58. The summed E-state index contributed by atoms with van der Waals surface area (Å²) in [5.41, 5.74) is 2.38. The fourth-order valence-corrected chi connectivity index (χ4v) is 2.43. The minimum absolute atomic E-state index is 0.426. The number of rotatable bonds is 10. The van der Waals surface area contributed by atoms with Gasteiger partial charge in [0, 0.05) is 5.92 Å². The third-order valence-corrected chi connectivity index (χ3v) is 3.56. The Morgan fingerprint density at radius 3 is 2.33 bits per heavy atom. The summed E-state index contributed by atoms with van der Waals surface area (Å²) in [5.74, 6) is 0.426. The molecule has 1 unspecified atom stereocenters. The van der Waals surface area contributed by atoms with Crippen LogP contribution in [0.15, 0.2) is 30.3 Å². The Labute approximate surface area is 111 Å². The van der Waals surface area contributed by atoms with E-state index in [1.54, 1.807) is 0 Å². The lowest BCUT2D eigenvalue weighted by molar-refractivity contribution is -0.591. The third kappa shape index (κ3) is 6.18. The normalized spacial score (nSPS) is 12.6. The molecule has 18 heavy (non-hydrogen) atoms. The number of hydrogen-bond donors (Lipinski definition) is 1. The largest absolute Gasteiger partial charge is 0.636 e. The zero-order valence-electron chi connectivity index (χ0n) is 11.6. The van der Waals surface area contributed by atoms with Gasteiger partial charge in [-0.3, -0.25) is 0 Å². The molecule has 1 aromatic rings. The molecule has 0 bridgehead atoms. The predicted molar refractivity (Wildman–Crippen MR) is 77.3 cm³/mol. The molecule has 102 valence electrons. The highest BCUT2D eigenvalue weighted by atomic mass is 16.5. The minimum atomic E-state index is 0.426. The van der Waals surface area contributed by atoms with Crippen molar-refractivity contribution in [2.75, 3.05) is 6.54 Å². The van der Waals surface area contributed by atoms with Crippen molar-refractivity contribution in [3.05, 3.63) is 41.1 Å². The number of unbranched alkanes of at least 4 members (excludes halogenated alkanes) is 5. The molecule has 1 aromatic carbocycles. The molecule has 0 saturated heterocycles. The van der Waals surface area contributed by atoms with Crippen molar-refractivity contribution in [3.8, 4) is 0 Å². The van der Waals surface area contributed by atoms with Crippen LogP contribution in [0, 0.1) is 5.21 Å². The number of hydrogen-bond acceptors (Lipinski definition) is 1. The van der Waals surface area contributed by atoms with Crippen LogP contribution in [0.2, 0.25) is 0 Å². The molecule has 2 heteroatoms. The van der Waals surface area contributed by atoms with Gasteiger partial charge in [0.15, 0.2) is 0 Å². The van der Waals surface area contributed by atoms with Gasteiger partial charge in [-0.25, -0.2) is 0 Å². The summed E-state index contributed by atoms with van der Waals surface area (Å²) in [6.07, 6.45) is 9.07. The van der Waals surface area contributed by atoms with E-state index in [2.05, 4.69) is 31.2 Å². The van der Waals surface area contributed by atoms with Gasteiger partial charge in [-0.05, 0) is 12.0 Å². The average Bonchev–Trinajstić information content (AvgIpc) is 2.42. The number of hydroxylamine groups is 1. The van der Waals surface area contributed by atoms with E-state index in [0.717, 1.165) is 11.9 Å². The van der Waals surface area contributed by atoms with Crippen LogP contribution in [-0.2, 0) is 0 Å². The van der Waals surface area contributed by atoms with E-state index in [0.29, 0.717) is 12.5 Å². The van der Waals surface area contributed by atoms with Crippen molar-refractivity contribution in [2.45, 2.75) is 57.8 Å². The summed E-state index contributed by atoms with van der Waals surface area (Å²) in [6.45, 7) is 2.91. The van der Waals surface area contributed by atoms with Gasteiger partial charge in [-0.1, -0.05) is 75.8 Å². The Kier molecular flexibility index (Phi) is 8.53. The molecule has 0 spiro atoms. The second-order valence-corrected chi connectivity index (χ2v) is 5.07. The lowest BCUT2D eigenvalue weighted by Crippen LogP contribution is -2.78. The maximum Gasteiger partial charge on any atom is 0.0822 e. The van der Waals surface area contributed by atoms with Gasteiger partial charge in [0.05, 0.1) is 6.54 Å². The van der Waals surface area contributed by atoms with Crippen molar-refractivity contribution in [3.63, 3.8) is 0 Å². The van der Waals surface area contributed by atoms with E-state index >= 15 is 0 Å². The summed E-state index contributed by atoms with van der Waals surface area (Å²) >= 11 is 0. The van der Waals surface area contributed by atoms with Crippen molar-refractivity contribution in [1.82, 2.24) is 0 Å². The molecule has 1 atom stereocenters. The third-order valence-electron chi connectivity index (χ3n) is 3.56. The molecule has 0 aliphatic carbocycles. The molecule has 0 aliphatic heterocycles. The van der Waals surface area contributed by atoms with E-state index < -0.39 is 0 Å². The summed E-state index contributed by atoms with van der Waals surface area (Å²) in [6, 6.07) is 10.4. The second-order valence-electron chi connectivity index (χ2n) is 5.07. The van der Waals surface area contributed by atoms with Crippen LogP contribution in [-0.4, -0.2) is 6.54 Å². The van der Waals surface area contributed by atoms with Crippen LogP contribution in [0.1, 0.15) is 63.4 Å². The first kappa shape index (κ1) is 15.2. The first-order chi connectivity index (χ1) is 8.88. The molecular weight excluding hydrogens is 222 g/mol. The maximum atomic E-state index is 10.8. The molecule has 2 nitrogen and oxygen atoms in total. The lowest BCUT2D eigenvalue weighted by Gasteiger charge is -2.16. The summed E-state index contributed by atoms with van der Waals surface area (Å²) in [7, 11) is 0. The Balaban J connectivity index is 2.26. The monoisotopic (exact) mass is 249 g/mol. The number of benzene rings is 1. The fourth-order valence-electron chi connectivity index (χ4n) is 2.43.